The number of likely N-dealkylation sites (tertiary alicyclic amines) is 1. The zero-order chi connectivity index (χ0) is 15.4. The minimum Gasteiger partial charge on any atom is -0.394 e. The van der Waals surface area contributed by atoms with Gasteiger partial charge in [-0.05, 0) is 43.4 Å². The monoisotopic (exact) mass is 302 g/mol. The third-order valence-electron chi connectivity index (χ3n) is 5.12. The Morgan fingerprint density at radius 2 is 1.73 bits per heavy atom. The average molecular weight is 302 g/mol. The molecule has 1 aliphatic carbocycles. The van der Waals surface area contributed by atoms with Gasteiger partial charge in [-0.1, -0.05) is 25.0 Å². The molecule has 4 heteroatoms. The number of aliphatic hydroxyl groups is 1. The minimum atomic E-state index is -0.0932. The van der Waals surface area contributed by atoms with E-state index in [0.29, 0.717) is 0 Å². The van der Waals surface area contributed by atoms with E-state index in [2.05, 4.69) is 5.32 Å². The third-order valence-corrected chi connectivity index (χ3v) is 5.12. The van der Waals surface area contributed by atoms with Gasteiger partial charge < -0.3 is 15.3 Å². The molecule has 0 atom stereocenters. The molecule has 0 aromatic heterocycles. The molecular weight excluding hydrogens is 276 g/mol. The van der Waals surface area contributed by atoms with Crippen LogP contribution in [0.5, 0.6) is 0 Å². The predicted molar refractivity (Wildman–Crippen MR) is 86.7 cm³/mol. The first kappa shape index (κ1) is 15.5. The summed E-state index contributed by atoms with van der Waals surface area (Å²) in [5.74, 6) is 0.152. The molecule has 120 valence electrons. The highest BCUT2D eigenvalue weighted by molar-refractivity contribution is 5.94. The number of hydrogen-bond donors (Lipinski definition) is 2. The summed E-state index contributed by atoms with van der Waals surface area (Å²) in [5, 5.41) is 13.1. The molecule has 1 aliphatic heterocycles. The van der Waals surface area contributed by atoms with Crippen molar-refractivity contribution in [1.29, 1.82) is 0 Å². The van der Waals surface area contributed by atoms with Gasteiger partial charge >= 0.3 is 0 Å². The maximum Gasteiger partial charge on any atom is 0.253 e. The van der Waals surface area contributed by atoms with Gasteiger partial charge in [0.05, 0.1) is 6.61 Å². The number of nitrogens with zero attached hydrogens (tertiary/aromatic N) is 1. The topological polar surface area (TPSA) is 52.6 Å². The van der Waals surface area contributed by atoms with Crippen molar-refractivity contribution in [3.63, 3.8) is 0 Å². The van der Waals surface area contributed by atoms with Gasteiger partial charge in [-0.3, -0.25) is 4.79 Å². The minimum absolute atomic E-state index is 0.0932. The summed E-state index contributed by atoms with van der Waals surface area (Å²) < 4.78 is 0. The Bertz CT molecular complexity index is 500. The zero-order valence-electron chi connectivity index (χ0n) is 13.2. The van der Waals surface area contributed by atoms with Crippen molar-refractivity contribution in [2.75, 3.05) is 19.7 Å². The molecule has 22 heavy (non-hydrogen) atoms. The molecule has 0 spiro atoms. The van der Waals surface area contributed by atoms with Crippen LogP contribution < -0.4 is 5.32 Å². The van der Waals surface area contributed by atoms with Gasteiger partial charge in [0.1, 0.15) is 0 Å². The van der Waals surface area contributed by atoms with Crippen LogP contribution in [0.25, 0.3) is 0 Å². The van der Waals surface area contributed by atoms with Crippen molar-refractivity contribution >= 4 is 5.91 Å². The standard InChI is InChI=1S/C18H26N2O2/c21-14-18(9-1-2-10-18)19-13-15-5-7-16(8-6-15)17(22)20-11-3-4-12-20/h5-8,19,21H,1-4,9-14H2. The van der Waals surface area contributed by atoms with Gasteiger partial charge in [-0.15, -0.1) is 0 Å². The summed E-state index contributed by atoms with van der Waals surface area (Å²) in [6.07, 6.45) is 6.73. The summed E-state index contributed by atoms with van der Waals surface area (Å²) in [6, 6.07) is 7.91. The molecule has 1 saturated carbocycles. The second kappa shape index (κ2) is 6.80. The van der Waals surface area contributed by atoms with Gasteiger partial charge in [0.25, 0.3) is 5.91 Å². The zero-order valence-corrected chi connectivity index (χ0v) is 13.2. The normalized spacial score (nSPS) is 20.5. The maximum absolute atomic E-state index is 12.3. The number of carbonyl (C=O) groups excluding carboxylic acids is 1. The number of benzene rings is 1. The van der Waals surface area contributed by atoms with Crippen LogP contribution in [0.2, 0.25) is 0 Å². The van der Waals surface area contributed by atoms with Crippen LogP contribution in [0.15, 0.2) is 24.3 Å². The van der Waals surface area contributed by atoms with Crippen LogP contribution in [0.1, 0.15) is 54.4 Å². The predicted octanol–water partition coefficient (Wildman–Crippen LogP) is 2.32. The number of hydrogen-bond acceptors (Lipinski definition) is 3. The van der Waals surface area contributed by atoms with Crippen LogP contribution in [0.3, 0.4) is 0 Å². The smallest absolute Gasteiger partial charge is 0.253 e. The number of carbonyl (C=O) groups is 1. The van der Waals surface area contributed by atoms with Gasteiger partial charge in [-0.25, -0.2) is 0 Å². The Morgan fingerprint density at radius 1 is 1.09 bits per heavy atom. The molecule has 2 aliphatic rings. The second-order valence-electron chi connectivity index (χ2n) is 6.70. The van der Waals surface area contributed by atoms with Crippen molar-refractivity contribution in [2.24, 2.45) is 0 Å². The van der Waals surface area contributed by atoms with Crippen molar-refractivity contribution in [3.8, 4) is 0 Å². The molecule has 3 rings (SSSR count). The lowest BCUT2D eigenvalue weighted by molar-refractivity contribution is 0.0793. The number of aliphatic hydroxyl groups excluding tert-OH is 1. The first-order chi connectivity index (χ1) is 10.7. The number of amides is 1. The van der Waals surface area contributed by atoms with E-state index in [0.717, 1.165) is 56.4 Å². The summed E-state index contributed by atoms with van der Waals surface area (Å²) in [7, 11) is 0. The van der Waals surface area contributed by atoms with Crippen LogP contribution in [-0.4, -0.2) is 41.1 Å². The highest BCUT2D eigenvalue weighted by atomic mass is 16.3. The molecule has 1 heterocycles. The van der Waals surface area contributed by atoms with Gasteiger partial charge in [0, 0.05) is 30.7 Å². The summed E-state index contributed by atoms with van der Waals surface area (Å²) in [4.78, 5) is 14.2. The highest BCUT2D eigenvalue weighted by Crippen LogP contribution is 2.29. The Balaban J connectivity index is 1.58. The van der Waals surface area contributed by atoms with E-state index in [1.54, 1.807) is 0 Å². The molecule has 1 aromatic carbocycles. The lowest BCUT2D eigenvalue weighted by atomic mass is 9.98. The van der Waals surface area contributed by atoms with Crippen LogP contribution in [0.4, 0.5) is 0 Å². The van der Waals surface area contributed by atoms with E-state index < -0.39 is 0 Å². The SMILES string of the molecule is O=C(c1ccc(CNC2(CO)CCCC2)cc1)N1CCCC1. The number of nitrogens with one attached hydrogen (secondary N) is 1. The summed E-state index contributed by atoms with van der Waals surface area (Å²) >= 11 is 0. The maximum atomic E-state index is 12.3. The van der Waals surface area contributed by atoms with E-state index in [1.165, 1.54) is 12.8 Å². The lowest BCUT2D eigenvalue weighted by Gasteiger charge is -2.28. The van der Waals surface area contributed by atoms with E-state index in [4.69, 9.17) is 0 Å². The molecule has 0 radical (unpaired) electrons. The molecule has 1 saturated heterocycles. The molecule has 2 N–H and O–H groups in total. The molecule has 4 nitrogen and oxygen atoms in total. The summed E-state index contributed by atoms with van der Waals surface area (Å²) in [5.41, 5.74) is 1.85. The quantitative estimate of drug-likeness (QED) is 0.877. The first-order valence-electron chi connectivity index (χ1n) is 8.47. The molecule has 0 unspecified atom stereocenters. The molecule has 2 fully saturated rings. The second-order valence-corrected chi connectivity index (χ2v) is 6.70. The van der Waals surface area contributed by atoms with E-state index in [9.17, 15) is 9.90 Å². The molecule has 0 bridgehead atoms. The van der Waals surface area contributed by atoms with Crippen molar-refractivity contribution in [3.05, 3.63) is 35.4 Å². The molecular formula is C18H26N2O2. The van der Waals surface area contributed by atoms with E-state index >= 15 is 0 Å². The third kappa shape index (κ3) is 3.33. The Morgan fingerprint density at radius 3 is 2.32 bits per heavy atom. The van der Waals surface area contributed by atoms with Crippen molar-refractivity contribution < 1.29 is 9.90 Å². The number of rotatable bonds is 5. The molecule has 1 aromatic rings. The van der Waals surface area contributed by atoms with E-state index in [-0.39, 0.29) is 18.1 Å². The first-order valence-corrected chi connectivity index (χ1v) is 8.47. The van der Waals surface area contributed by atoms with Gasteiger partial charge in [-0.2, -0.15) is 0 Å². The largest absolute Gasteiger partial charge is 0.394 e. The van der Waals surface area contributed by atoms with Gasteiger partial charge in [0.2, 0.25) is 0 Å². The Kier molecular flexibility index (Phi) is 4.79. The van der Waals surface area contributed by atoms with Gasteiger partial charge in [0.15, 0.2) is 0 Å². The van der Waals surface area contributed by atoms with Crippen molar-refractivity contribution in [2.45, 2.75) is 50.6 Å². The fraction of sp³-hybridized carbons (Fsp3) is 0.611. The lowest BCUT2D eigenvalue weighted by Crippen LogP contribution is -2.45. The average Bonchev–Trinajstić information content (AvgIpc) is 3.25. The van der Waals surface area contributed by atoms with Crippen molar-refractivity contribution in [1.82, 2.24) is 10.2 Å². The highest BCUT2D eigenvalue weighted by Gasteiger charge is 2.32. The molecule has 1 amide bonds. The summed E-state index contributed by atoms with van der Waals surface area (Å²) in [6.45, 7) is 2.74. The van der Waals surface area contributed by atoms with Crippen LogP contribution >= 0.6 is 0 Å². The Labute approximate surface area is 132 Å². The van der Waals surface area contributed by atoms with Crippen LogP contribution in [0, 0.1) is 0 Å². The Hall–Kier alpha value is -1.39. The fourth-order valence-electron chi connectivity index (χ4n) is 3.60. The fourth-order valence-corrected chi connectivity index (χ4v) is 3.60. The van der Waals surface area contributed by atoms with Crippen LogP contribution in [-0.2, 0) is 6.54 Å². The van der Waals surface area contributed by atoms with E-state index in [1.807, 2.05) is 29.2 Å².